The normalized spacial score (nSPS) is 16.6. The van der Waals surface area contributed by atoms with Gasteiger partial charge in [-0.1, -0.05) is 29.3 Å². The zero-order valence-electron chi connectivity index (χ0n) is 18.4. The van der Waals surface area contributed by atoms with E-state index in [2.05, 4.69) is 4.57 Å². The number of amides is 2. The number of fused-ring (bicyclic) bond motifs is 1. The van der Waals surface area contributed by atoms with Crippen molar-refractivity contribution >= 4 is 52.2 Å². The summed E-state index contributed by atoms with van der Waals surface area (Å²) in [6, 6.07) is 12.9. The fourth-order valence-electron chi connectivity index (χ4n) is 4.12. The molecule has 1 saturated heterocycles. The molecule has 1 fully saturated rings. The maximum atomic E-state index is 13.1. The van der Waals surface area contributed by atoms with Gasteiger partial charge in [-0.15, -0.1) is 0 Å². The maximum Gasteiger partial charge on any atom is 0.293 e. The summed E-state index contributed by atoms with van der Waals surface area (Å²) in [5, 5.41) is 0.477. The molecule has 9 heteroatoms. The average Bonchev–Trinajstić information content (AvgIpc) is 3.24. The smallest absolute Gasteiger partial charge is 0.293 e. The lowest BCUT2D eigenvalue weighted by atomic mass is 10.2. The summed E-state index contributed by atoms with van der Waals surface area (Å²) in [4.78, 5) is 27.2. The fraction of sp³-hybridized carbons (Fsp3) is 0.200. The van der Waals surface area contributed by atoms with Gasteiger partial charge in [0, 0.05) is 38.8 Å². The molecule has 0 bridgehead atoms. The largest absolute Gasteiger partial charge is 0.486 e. The summed E-state index contributed by atoms with van der Waals surface area (Å²) in [5.41, 5.74) is 4.26. The van der Waals surface area contributed by atoms with E-state index < -0.39 is 0 Å². The fourth-order valence-corrected chi connectivity index (χ4v) is 5.47. The number of aromatic nitrogens is 1. The Morgan fingerprint density at radius 3 is 2.44 bits per heavy atom. The summed E-state index contributed by atoms with van der Waals surface area (Å²) < 4.78 is 13.4. The Morgan fingerprint density at radius 1 is 1.00 bits per heavy atom. The van der Waals surface area contributed by atoms with Gasteiger partial charge < -0.3 is 14.0 Å². The number of nitrogens with zero attached hydrogens (tertiary/aromatic N) is 2. The minimum atomic E-state index is -0.366. The van der Waals surface area contributed by atoms with Crippen molar-refractivity contribution in [1.29, 1.82) is 0 Å². The van der Waals surface area contributed by atoms with Crippen molar-refractivity contribution in [2.45, 2.75) is 20.4 Å². The van der Waals surface area contributed by atoms with Crippen LogP contribution in [-0.2, 0) is 11.3 Å². The van der Waals surface area contributed by atoms with Crippen molar-refractivity contribution in [3.05, 3.63) is 79.9 Å². The summed E-state index contributed by atoms with van der Waals surface area (Å²) in [5.74, 6) is 1.07. The van der Waals surface area contributed by atoms with Crippen molar-refractivity contribution in [3.63, 3.8) is 0 Å². The zero-order valence-corrected chi connectivity index (χ0v) is 20.8. The van der Waals surface area contributed by atoms with Gasteiger partial charge in [-0.2, -0.15) is 0 Å². The number of carbonyl (C=O) groups excluding carboxylic acids is 2. The first-order valence-corrected chi connectivity index (χ1v) is 12.2. The monoisotopic (exact) mass is 514 g/mol. The van der Waals surface area contributed by atoms with Gasteiger partial charge in [0.25, 0.3) is 11.1 Å². The van der Waals surface area contributed by atoms with Crippen LogP contribution in [0.1, 0.15) is 22.5 Å². The third kappa shape index (κ3) is 4.08. The van der Waals surface area contributed by atoms with Crippen LogP contribution in [0.2, 0.25) is 10.0 Å². The number of aryl methyl sites for hydroxylation is 1. The molecule has 0 unspecified atom stereocenters. The lowest BCUT2D eigenvalue weighted by molar-refractivity contribution is -0.123. The van der Waals surface area contributed by atoms with E-state index in [0.717, 1.165) is 40.2 Å². The molecule has 174 valence electrons. The summed E-state index contributed by atoms with van der Waals surface area (Å²) in [7, 11) is 0. The minimum Gasteiger partial charge on any atom is -0.486 e. The highest BCUT2D eigenvalue weighted by Gasteiger charge is 2.36. The van der Waals surface area contributed by atoms with Crippen LogP contribution in [-0.4, -0.2) is 33.8 Å². The Labute approximate surface area is 211 Å². The van der Waals surface area contributed by atoms with Gasteiger partial charge >= 0.3 is 0 Å². The topological polar surface area (TPSA) is 60.8 Å². The predicted molar refractivity (Wildman–Crippen MR) is 134 cm³/mol. The van der Waals surface area contributed by atoms with Crippen molar-refractivity contribution in [3.8, 4) is 17.2 Å². The number of rotatable bonds is 4. The molecule has 0 radical (unpaired) electrons. The van der Waals surface area contributed by atoms with E-state index in [4.69, 9.17) is 32.7 Å². The average molecular weight is 515 g/mol. The van der Waals surface area contributed by atoms with E-state index in [1.165, 1.54) is 4.90 Å². The zero-order chi connectivity index (χ0) is 24.0. The van der Waals surface area contributed by atoms with Crippen molar-refractivity contribution in [2.24, 2.45) is 0 Å². The van der Waals surface area contributed by atoms with Gasteiger partial charge in [0.2, 0.25) is 0 Å². The second kappa shape index (κ2) is 9.06. The summed E-state index contributed by atoms with van der Waals surface area (Å²) in [6.07, 6.45) is 1.76. The SMILES string of the molecule is Cc1cc(/C=C2\SC(=O)N(Cc3c(Cl)cccc3Cl)C2=O)c(C)n1-c1ccc2c(c1)OCCO2. The Bertz CT molecular complexity index is 1340. The van der Waals surface area contributed by atoms with Crippen LogP contribution in [0.4, 0.5) is 4.79 Å². The van der Waals surface area contributed by atoms with Crippen LogP contribution >= 0.6 is 35.0 Å². The number of thioether (sulfide) groups is 1. The second-order valence-corrected chi connectivity index (χ2v) is 9.77. The van der Waals surface area contributed by atoms with Gasteiger partial charge in [0.05, 0.1) is 11.4 Å². The molecule has 2 amide bonds. The van der Waals surface area contributed by atoms with Crippen LogP contribution in [0.3, 0.4) is 0 Å². The van der Waals surface area contributed by atoms with Gasteiger partial charge in [-0.25, -0.2) is 0 Å². The molecular weight excluding hydrogens is 495 g/mol. The van der Waals surface area contributed by atoms with E-state index in [1.807, 2.05) is 38.1 Å². The third-order valence-electron chi connectivity index (χ3n) is 5.79. The molecule has 2 aliphatic heterocycles. The minimum absolute atomic E-state index is 0.0245. The molecule has 3 aromatic rings. The first-order valence-electron chi connectivity index (χ1n) is 10.6. The molecule has 6 nitrogen and oxygen atoms in total. The molecule has 0 atom stereocenters. The Morgan fingerprint density at radius 2 is 1.71 bits per heavy atom. The van der Waals surface area contributed by atoms with Gasteiger partial charge in [0.15, 0.2) is 11.5 Å². The Hall–Kier alpha value is -2.87. The number of imide groups is 1. The highest BCUT2D eigenvalue weighted by atomic mass is 35.5. The summed E-state index contributed by atoms with van der Waals surface area (Å²) >= 11 is 13.4. The maximum absolute atomic E-state index is 13.1. The Kier molecular flexibility index (Phi) is 6.10. The highest BCUT2D eigenvalue weighted by molar-refractivity contribution is 8.18. The molecule has 0 aliphatic carbocycles. The number of ether oxygens (including phenoxy) is 2. The first kappa shape index (κ1) is 22.9. The van der Waals surface area contributed by atoms with E-state index in [0.29, 0.717) is 39.5 Å². The molecule has 3 heterocycles. The van der Waals surface area contributed by atoms with E-state index in [-0.39, 0.29) is 17.7 Å². The molecule has 2 aliphatic rings. The molecule has 0 N–H and O–H groups in total. The van der Waals surface area contributed by atoms with E-state index >= 15 is 0 Å². The number of hydrogen-bond donors (Lipinski definition) is 0. The number of benzene rings is 2. The molecular formula is C25H20Cl2N2O4S. The van der Waals surface area contributed by atoms with Crippen LogP contribution in [0.5, 0.6) is 11.5 Å². The number of hydrogen-bond acceptors (Lipinski definition) is 5. The molecule has 34 heavy (non-hydrogen) atoms. The molecule has 0 saturated carbocycles. The Balaban J connectivity index is 1.44. The first-order chi connectivity index (χ1) is 16.3. The van der Waals surface area contributed by atoms with Crippen molar-refractivity contribution < 1.29 is 19.1 Å². The van der Waals surface area contributed by atoms with Gasteiger partial charge in [-0.3, -0.25) is 14.5 Å². The summed E-state index contributed by atoms with van der Waals surface area (Å²) in [6.45, 7) is 5.04. The van der Waals surface area contributed by atoms with Crippen molar-refractivity contribution in [1.82, 2.24) is 9.47 Å². The van der Waals surface area contributed by atoms with Crippen LogP contribution in [0, 0.1) is 13.8 Å². The standard InChI is InChI=1S/C25H20Cl2N2O4S/c1-14-10-16(15(2)29(14)17-6-7-21-22(12-17)33-9-8-32-21)11-23-24(30)28(25(31)34-23)13-18-19(26)4-3-5-20(18)27/h3-7,10-12H,8-9,13H2,1-2H3/b23-11-. The van der Waals surface area contributed by atoms with Crippen LogP contribution in [0.25, 0.3) is 11.8 Å². The number of halogens is 2. The molecule has 5 rings (SSSR count). The van der Waals surface area contributed by atoms with E-state index in [9.17, 15) is 9.59 Å². The second-order valence-electron chi connectivity index (χ2n) is 7.96. The van der Waals surface area contributed by atoms with Gasteiger partial charge in [0.1, 0.15) is 13.2 Å². The lowest BCUT2D eigenvalue weighted by Gasteiger charge is -2.20. The highest BCUT2D eigenvalue weighted by Crippen LogP contribution is 2.37. The lowest BCUT2D eigenvalue weighted by Crippen LogP contribution is -2.27. The van der Waals surface area contributed by atoms with E-state index in [1.54, 1.807) is 24.3 Å². The number of carbonyl (C=O) groups is 2. The van der Waals surface area contributed by atoms with Gasteiger partial charge in [-0.05, 0) is 67.6 Å². The molecule has 0 spiro atoms. The predicted octanol–water partition coefficient (Wildman–Crippen LogP) is 6.41. The van der Waals surface area contributed by atoms with Crippen LogP contribution < -0.4 is 9.47 Å². The molecule has 2 aromatic carbocycles. The van der Waals surface area contributed by atoms with Crippen LogP contribution in [0.15, 0.2) is 47.4 Å². The third-order valence-corrected chi connectivity index (χ3v) is 7.41. The van der Waals surface area contributed by atoms with Crippen molar-refractivity contribution in [2.75, 3.05) is 13.2 Å². The molecule has 1 aromatic heterocycles. The quantitative estimate of drug-likeness (QED) is 0.376.